The lowest BCUT2D eigenvalue weighted by atomic mass is 10.00. The summed E-state index contributed by atoms with van der Waals surface area (Å²) in [6.45, 7) is 9.78. The normalized spacial score (nSPS) is 33.2. The van der Waals surface area contributed by atoms with Crippen molar-refractivity contribution in [1.82, 2.24) is 10.2 Å². The van der Waals surface area contributed by atoms with Crippen LogP contribution in [-0.4, -0.2) is 55.5 Å². The van der Waals surface area contributed by atoms with Crippen molar-refractivity contribution in [3.63, 3.8) is 0 Å². The highest BCUT2D eigenvalue weighted by Crippen LogP contribution is 2.21. The summed E-state index contributed by atoms with van der Waals surface area (Å²) in [4.78, 5) is 14.2. The van der Waals surface area contributed by atoms with Gasteiger partial charge in [0.2, 0.25) is 0 Å². The van der Waals surface area contributed by atoms with E-state index in [1.807, 2.05) is 4.90 Å². The molecule has 110 valence electrons. The standard InChI is InChI=1S/C14H26N2O3/c1-4-14(3)10-16(6-8-19-14)13(17)15-11(2)12-5-7-18-9-12/h11-12H,4-10H2,1-3H3,(H,15,17)/t11-,12+,14-/m1/s1. The number of hydrogen-bond acceptors (Lipinski definition) is 3. The molecule has 0 aromatic heterocycles. The van der Waals surface area contributed by atoms with Crippen LogP contribution in [0.25, 0.3) is 0 Å². The Morgan fingerprint density at radius 3 is 2.95 bits per heavy atom. The van der Waals surface area contributed by atoms with E-state index in [2.05, 4.69) is 26.1 Å². The number of hydrogen-bond donors (Lipinski definition) is 1. The van der Waals surface area contributed by atoms with E-state index in [0.717, 1.165) is 26.1 Å². The molecule has 2 heterocycles. The Morgan fingerprint density at radius 2 is 2.32 bits per heavy atom. The van der Waals surface area contributed by atoms with Crippen LogP contribution in [0.2, 0.25) is 0 Å². The summed E-state index contributed by atoms with van der Waals surface area (Å²) in [5.74, 6) is 0.447. The maximum absolute atomic E-state index is 12.3. The molecule has 0 aromatic carbocycles. The Hall–Kier alpha value is -0.810. The molecule has 0 aromatic rings. The summed E-state index contributed by atoms with van der Waals surface area (Å²) >= 11 is 0. The first-order valence-corrected chi connectivity index (χ1v) is 7.31. The molecule has 2 aliphatic heterocycles. The fourth-order valence-corrected chi connectivity index (χ4v) is 2.67. The van der Waals surface area contributed by atoms with Gasteiger partial charge in [-0.25, -0.2) is 4.79 Å². The van der Waals surface area contributed by atoms with Gasteiger partial charge in [-0.15, -0.1) is 0 Å². The van der Waals surface area contributed by atoms with Crippen molar-refractivity contribution in [3.8, 4) is 0 Å². The van der Waals surface area contributed by atoms with Crippen LogP contribution in [-0.2, 0) is 9.47 Å². The third-order valence-corrected chi connectivity index (χ3v) is 4.40. The molecule has 0 aliphatic carbocycles. The number of rotatable bonds is 3. The molecule has 0 radical (unpaired) electrons. The van der Waals surface area contributed by atoms with Gasteiger partial charge in [-0.2, -0.15) is 0 Å². The van der Waals surface area contributed by atoms with E-state index in [0.29, 0.717) is 25.6 Å². The van der Waals surface area contributed by atoms with Gasteiger partial charge in [-0.05, 0) is 26.7 Å². The van der Waals surface area contributed by atoms with Gasteiger partial charge in [0.25, 0.3) is 0 Å². The Morgan fingerprint density at radius 1 is 1.53 bits per heavy atom. The molecule has 0 bridgehead atoms. The van der Waals surface area contributed by atoms with E-state index >= 15 is 0 Å². The van der Waals surface area contributed by atoms with Gasteiger partial charge in [-0.3, -0.25) is 0 Å². The maximum Gasteiger partial charge on any atom is 0.317 e. The smallest absolute Gasteiger partial charge is 0.317 e. The molecule has 1 N–H and O–H groups in total. The summed E-state index contributed by atoms with van der Waals surface area (Å²) < 4.78 is 11.1. The van der Waals surface area contributed by atoms with Crippen LogP contribution in [0.15, 0.2) is 0 Å². The van der Waals surface area contributed by atoms with Crippen molar-refractivity contribution in [2.24, 2.45) is 5.92 Å². The third-order valence-electron chi connectivity index (χ3n) is 4.40. The van der Waals surface area contributed by atoms with Gasteiger partial charge < -0.3 is 19.7 Å². The minimum Gasteiger partial charge on any atom is -0.381 e. The van der Waals surface area contributed by atoms with E-state index in [-0.39, 0.29) is 17.7 Å². The van der Waals surface area contributed by atoms with Gasteiger partial charge in [0.05, 0.1) is 25.4 Å². The highest BCUT2D eigenvalue weighted by atomic mass is 16.5. The van der Waals surface area contributed by atoms with Crippen LogP contribution in [0.3, 0.4) is 0 Å². The first-order chi connectivity index (χ1) is 9.04. The Kier molecular flexibility index (Phi) is 4.68. The third kappa shape index (κ3) is 3.60. The molecule has 0 unspecified atom stereocenters. The molecule has 0 spiro atoms. The predicted molar refractivity (Wildman–Crippen MR) is 73.1 cm³/mol. The first-order valence-electron chi connectivity index (χ1n) is 7.31. The molecule has 2 rings (SSSR count). The largest absolute Gasteiger partial charge is 0.381 e. The molecule has 2 amide bonds. The second kappa shape index (κ2) is 6.09. The fourth-order valence-electron chi connectivity index (χ4n) is 2.67. The molecule has 0 saturated carbocycles. The number of ether oxygens (including phenoxy) is 2. The lowest BCUT2D eigenvalue weighted by Gasteiger charge is -2.40. The Labute approximate surface area is 115 Å². The van der Waals surface area contributed by atoms with E-state index < -0.39 is 0 Å². The van der Waals surface area contributed by atoms with Crippen LogP contribution in [0, 0.1) is 5.92 Å². The van der Waals surface area contributed by atoms with Crippen LogP contribution in [0.1, 0.15) is 33.6 Å². The average molecular weight is 270 g/mol. The molecule has 19 heavy (non-hydrogen) atoms. The highest BCUT2D eigenvalue weighted by molar-refractivity contribution is 5.74. The average Bonchev–Trinajstić information content (AvgIpc) is 2.92. The summed E-state index contributed by atoms with van der Waals surface area (Å²) in [5.41, 5.74) is -0.199. The van der Waals surface area contributed by atoms with Crippen LogP contribution < -0.4 is 5.32 Å². The lowest BCUT2D eigenvalue weighted by molar-refractivity contribution is -0.0875. The Balaban J connectivity index is 1.85. The molecule has 2 aliphatic rings. The minimum absolute atomic E-state index is 0.0300. The van der Waals surface area contributed by atoms with Crippen molar-refractivity contribution in [2.45, 2.75) is 45.3 Å². The van der Waals surface area contributed by atoms with Crippen LogP contribution >= 0.6 is 0 Å². The van der Waals surface area contributed by atoms with E-state index in [9.17, 15) is 4.79 Å². The van der Waals surface area contributed by atoms with Gasteiger partial charge in [0.1, 0.15) is 0 Å². The summed E-state index contributed by atoms with van der Waals surface area (Å²) in [7, 11) is 0. The lowest BCUT2D eigenvalue weighted by Crippen LogP contribution is -2.56. The van der Waals surface area contributed by atoms with Gasteiger partial charge in [-0.1, -0.05) is 6.92 Å². The molecule has 2 fully saturated rings. The van der Waals surface area contributed by atoms with E-state index in [4.69, 9.17) is 9.47 Å². The van der Waals surface area contributed by atoms with Crippen LogP contribution in [0.5, 0.6) is 0 Å². The van der Waals surface area contributed by atoms with Crippen molar-refractivity contribution < 1.29 is 14.3 Å². The zero-order chi connectivity index (χ0) is 13.9. The van der Waals surface area contributed by atoms with Crippen molar-refractivity contribution in [2.75, 3.05) is 32.9 Å². The first kappa shape index (κ1) is 14.6. The van der Waals surface area contributed by atoms with Gasteiger partial charge >= 0.3 is 6.03 Å². The van der Waals surface area contributed by atoms with E-state index in [1.54, 1.807) is 0 Å². The predicted octanol–water partition coefficient (Wildman–Crippen LogP) is 1.62. The molecule has 5 nitrogen and oxygen atoms in total. The summed E-state index contributed by atoms with van der Waals surface area (Å²) in [6, 6.07) is 0.202. The number of urea groups is 1. The van der Waals surface area contributed by atoms with Gasteiger partial charge in [0, 0.05) is 25.1 Å². The monoisotopic (exact) mass is 270 g/mol. The zero-order valence-electron chi connectivity index (χ0n) is 12.3. The Bertz CT molecular complexity index is 318. The molecule has 2 saturated heterocycles. The zero-order valence-corrected chi connectivity index (χ0v) is 12.3. The number of nitrogens with zero attached hydrogens (tertiary/aromatic N) is 1. The summed E-state index contributed by atoms with van der Waals surface area (Å²) in [5, 5.41) is 3.10. The van der Waals surface area contributed by atoms with Gasteiger partial charge in [0.15, 0.2) is 0 Å². The molecule has 5 heteroatoms. The summed E-state index contributed by atoms with van der Waals surface area (Å²) in [6.07, 6.45) is 1.96. The topological polar surface area (TPSA) is 50.8 Å². The number of carbonyl (C=O) groups is 1. The number of nitrogens with one attached hydrogen (secondary N) is 1. The van der Waals surface area contributed by atoms with E-state index in [1.165, 1.54) is 0 Å². The number of morpholine rings is 1. The molecular formula is C14H26N2O3. The number of carbonyl (C=O) groups excluding carboxylic acids is 1. The van der Waals surface area contributed by atoms with Crippen molar-refractivity contribution in [1.29, 1.82) is 0 Å². The fraction of sp³-hybridized carbons (Fsp3) is 0.929. The second-order valence-electron chi connectivity index (χ2n) is 5.94. The molecule has 3 atom stereocenters. The van der Waals surface area contributed by atoms with Crippen molar-refractivity contribution >= 4 is 6.03 Å². The molecular weight excluding hydrogens is 244 g/mol. The van der Waals surface area contributed by atoms with Crippen LogP contribution in [0.4, 0.5) is 4.79 Å². The SMILES string of the molecule is CC[C@]1(C)CN(C(=O)N[C@H](C)[C@H]2CCOC2)CCO1. The van der Waals surface area contributed by atoms with Crippen molar-refractivity contribution in [3.05, 3.63) is 0 Å². The maximum atomic E-state index is 12.3. The second-order valence-corrected chi connectivity index (χ2v) is 5.94. The highest BCUT2D eigenvalue weighted by Gasteiger charge is 2.33. The number of amides is 2. The quantitative estimate of drug-likeness (QED) is 0.848. The minimum atomic E-state index is -0.199.